The van der Waals surface area contributed by atoms with Gasteiger partial charge in [0, 0.05) is 6.07 Å². The molecule has 0 amide bonds. The van der Waals surface area contributed by atoms with Crippen molar-refractivity contribution in [2.24, 2.45) is 5.14 Å². The van der Waals surface area contributed by atoms with Crippen LogP contribution < -0.4 is 9.88 Å². The highest BCUT2D eigenvalue weighted by Crippen LogP contribution is 2.24. The fourth-order valence-corrected chi connectivity index (χ4v) is 1.99. The Morgan fingerprint density at radius 3 is 2.16 bits per heavy atom. The van der Waals surface area contributed by atoms with Crippen LogP contribution in [0.15, 0.2) is 47.4 Å². The number of nitrogens with two attached hydrogens (primary N) is 1. The number of rotatable bonds is 3. The fraction of sp³-hybridized carbons (Fsp3) is 0.0769. The van der Waals surface area contributed by atoms with E-state index in [1.54, 1.807) is 19.1 Å². The molecule has 2 rings (SSSR count). The smallest absolute Gasteiger partial charge is 0.238 e. The molecule has 100 valence electrons. The second kappa shape index (κ2) is 4.99. The van der Waals surface area contributed by atoms with E-state index in [1.165, 1.54) is 30.3 Å². The van der Waals surface area contributed by atoms with Gasteiger partial charge in [0.15, 0.2) is 0 Å². The van der Waals surface area contributed by atoms with Crippen LogP contribution in [-0.2, 0) is 10.0 Å². The first-order chi connectivity index (χ1) is 8.86. The maximum absolute atomic E-state index is 13.3. The van der Waals surface area contributed by atoms with Gasteiger partial charge in [-0.3, -0.25) is 0 Å². The molecule has 0 saturated heterocycles. The van der Waals surface area contributed by atoms with Gasteiger partial charge in [-0.25, -0.2) is 17.9 Å². The lowest BCUT2D eigenvalue weighted by atomic mass is 10.2. The van der Waals surface area contributed by atoms with Crippen molar-refractivity contribution in [1.29, 1.82) is 0 Å². The van der Waals surface area contributed by atoms with Crippen molar-refractivity contribution in [2.75, 3.05) is 0 Å². The van der Waals surface area contributed by atoms with Crippen LogP contribution >= 0.6 is 0 Å². The number of ether oxygens (including phenoxy) is 1. The number of primary sulfonamides is 1. The minimum Gasteiger partial charge on any atom is -0.457 e. The summed E-state index contributed by atoms with van der Waals surface area (Å²) in [4.78, 5) is -0.00469. The molecule has 0 aliphatic heterocycles. The van der Waals surface area contributed by atoms with Crippen LogP contribution in [0.4, 0.5) is 4.39 Å². The normalized spacial score (nSPS) is 11.3. The monoisotopic (exact) mass is 281 g/mol. The van der Waals surface area contributed by atoms with Gasteiger partial charge in [-0.15, -0.1) is 0 Å². The SMILES string of the molecule is Cc1ccc(Oc2ccc(S(N)(=O)=O)cc2)cc1F. The van der Waals surface area contributed by atoms with Crippen LogP contribution in [0.2, 0.25) is 0 Å². The molecule has 0 atom stereocenters. The minimum absolute atomic E-state index is 0.00469. The van der Waals surface area contributed by atoms with E-state index < -0.39 is 10.0 Å². The van der Waals surface area contributed by atoms with Crippen LogP contribution in [-0.4, -0.2) is 8.42 Å². The van der Waals surface area contributed by atoms with Gasteiger partial charge in [0.05, 0.1) is 4.90 Å². The van der Waals surface area contributed by atoms with E-state index >= 15 is 0 Å². The molecular formula is C13H12FNO3S. The van der Waals surface area contributed by atoms with E-state index in [4.69, 9.17) is 9.88 Å². The number of aryl methyl sites for hydroxylation is 1. The van der Waals surface area contributed by atoms with Gasteiger partial charge in [-0.05, 0) is 42.8 Å². The summed E-state index contributed by atoms with van der Waals surface area (Å²) in [5, 5.41) is 4.98. The molecule has 0 aliphatic rings. The molecule has 4 nitrogen and oxygen atoms in total. The molecule has 0 aliphatic carbocycles. The summed E-state index contributed by atoms with van der Waals surface area (Å²) in [6, 6.07) is 10.1. The number of hydrogen-bond donors (Lipinski definition) is 1. The van der Waals surface area contributed by atoms with Gasteiger partial charge >= 0.3 is 0 Å². The van der Waals surface area contributed by atoms with Crippen LogP contribution in [0.3, 0.4) is 0 Å². The summed E-state index contributed by atoms with van der Waals surface area (Å²) in [7, 11) is -3.72. The first-order valence-electron chi connectivity index (χ1n) is 5.43. The van der Waals surface area contributed by atoms with E-state index in [9.17, 15) is 12.8 Å². The molecule has 0 aromatic heterocycles. The van der Waals surface area contributed by atoms with E-state index in [0.717, 1.165) is 0 Å². The molecule has 2 aromatic carbocycles. The van der Waals surface area contributed by atoms with Gasteiger partial charge in [-0.1, -0.05) is 6.07 Å². The molecule has 2 N–H and O–H groups in total. The molecule has 0 heterocycles. The zero-order valence-corrected chi connectivity index (χ0v) is 10.9. The van der Waals surface area contributed by atoms with Gasteiger partial charge in [0.2, 0.25) is 10.0 Å². The average Bonchev–Trinajstić information content (AvgIpc) is 2.33. The third kappa shape index (κ3) is 3.30. The fourth-order valence-electron chi connectivity index (χ4n) is 1.47. The lowest BCUT2D eigenvalue weighted by molar-refractivity contribution is 0.475. The quantitative estimate of drug-likeness (QED) is 0.940. The van der Waals surface area contributed by atoms with Crippen LogP contribution in [0.5, 0.6) is 11.5 Å². The number of halogens is 1. The van der Waals surface area contributed by atoms with E-state index in [2.05, 4.69) is 0 Å². The highest BCUT2D eigenvalue weighted by molar-refractivity contribution is 7.89. The Morgan fingerprint density at radius 1 is 1.05 bits per heavy atom. The summed E-state index contributed by atoms with van der Waals surface area (Å²) in [5.41, 5.74) is 0.525. The molecule has 19 heavy (non-hydrogen) atoms. The first-order valence-corrected chi connectivity index (χ1v) is 6.98. The Labute approximate surface area is 110 Å². The largest absolute Gasteiger partial charge is 0.457 e. The third-order valence-electron chi connectivity index (χ3n) is 2.53. The highest BCUT2D eigenvalue weighted by atomic mass is 32.2. The molecule has 0 fully saturated rings. The van der Waals surface area contributed by atoms with E-state index in [-0.39, 0.29) is 10.7 Å². The zero-order chi connectivity index (χ0) is 14.0. The lowest BCUT2D eigenvalue weighted by Gasteiger charge is -2.07. The van der Waals surface area contributed by atoms with Crippen molar-refractivity contribution >= 4 is 10.0 Å². The summed E-state index contributed by atoms with van der Waals surface area (Å²) in [6.07, 6.45) is 0. The number of hydrogen-bond acceptors (Lipinski definition) is 3. The van der Waals surface area contributed by atoms with E-state index in [0.29, 0.717) is 17.1 Å². The van der Waals surface area contributed by atoms with Crippen molar-refractivity contribution in [3.05, 3.63) is 53.8 Å². The van der Waals surface area contributed by atoms with Gasteiger partial charge in [0.1, 0.15) is 17.3 Å². The molecular weight excluding hydrogens is 269 g/mol. The molecule has 0 radical (unpaired) electrons. The van der Waals surface area contributed by atoms with Crippen molar-refractivity contribution in [2.45, 2.75) is 11.8 Å². The van der Waals surface area contributed by atoms with Crippen molar-refractivity contribution in [3.8, 4) is 11.5 Å². The Bertz CT molecular complexity index is 696. The van der Waals surface area contributed by atoms with E-state index in [1.807, 2.05) is 0 Å². The number of sulfonamides is 1. The van der Waals surface area contributed by atoms with Gasteiger partial charge in [-0.2, -0.15) is 0 Å². The minimum atomic E-state index is -3.72. The van der Waals surface area contributed by atoms with Crippen molar-refractivity contribution in [3.63, 3.8) is 0 Å². The van der Waals surface area contributed by atoms with Crippen molar-refractivity contribution in [1.82, 2.24) is 0 Å². The Hall–Kier alpha value is -1.92. The molecule has 2 aromatic rings. The Kier molecular flexibility index (Phi) is 3.55. The predicted octanol–water partition coefficient (Wildman–Crippen LogP) is 2.57. The van der Waals surface area contributed by atoms with Crippen molar-refractivity contribution < 1.29 is 17.5 Å². The summed E-state index contributed by atoms with van der Waals surface area (Å²) in [5.74, 6) is 0.376. The summed E-state index contributed by atoms with van der Waals surface area (Å²) < 4.78 is 40.9. The number of benzene rings is 2. The predicted molar refractivity (Wildman–Crippen MR) is 69.0 cm³/mol. The highest BCUT2D eigenvalue weighted by Gasteiger charge is 2.07. The Balaban J connectivity index is 2.22. The molecule has 0 unspecified atom stereocenters. The topological polar surface area (TPSA) is 69.4 Å². The maximum atomic E-state index is 13.3. The second-order valence-corrected chi connectivity index (χ2v) is 5.59. The van der Waals surface area contributed by atoms with Crippen LogP contribution in [0, 0.1) is 12.7 Å². The molecule has 0 spiro atoms. The zero-order valence-electron chi connectivity index (χ0n) is 10.1. The van der Waals surface area contributed by atoms with Crippen LogP contribution in [0.1, 0.15) is 5.56 Å². The summed E-state index contributed by atoms with van der Waals surface area (Å²) >= 11 is 0. The summed E-state index contributed by atoms with van der Waals surface area (Å²) in [6.45, 7) is 1.65. The third-order valence-corrected chi connectivity index (χ3v) is 3.46. The lowest BCUT2D eigenvalue weighted by Crippen LogP contribution is -2.11. The Morgan fingerprint density at radius 2 is 1.63 bits per heavy atom. The maximum Gasteiger partial charge on any atom is 0.238 e. The van der Waals surface area contributed by atoms with Crippen LogP contribution in [0.25, 0.3) is 0 Å². The van der Waals surface area contributed by atoms with Gasteiger partial charge < -0.3 is 4.74 Å². The molecule has 6 heteroatoms. The average molecular weight is 281 g/mol. The second-order valence-electron chi connectivity index (χ2n) is 4.03. The molecule has 0 saturated carbocycles. The van der Waals surface area contributed by atoms with Gasteiger partial charge in [0.25, 0.3) is 0 Å². The standard InChI is InChI=1S/C13H12FNO3S/c1-9-2-3-11(8-13(9)14)18-10-4-6-12(7-5-10)19(15,16)17/h2-8H,1H3,(H2,15,16,17). The first kappa shape index (κ1) is 13.5. The molecule has 0 bridgehead atoms.